The molecule has 20 heavy (non-hydrogen) atoms. The summed E-state index contributed by atoms with van der Waals surface area (Å²) in [5.74, 6) is -0.776. The van der Waals surface area contributed by atoms with Gasteiger partial charge in [0.1, 0.15) is 5.76 Å². The summed E-state index contributed by atoms with van der Waals surface area (Å²) in [5, 5.41) is 5.33. The first kappa shape index (κ1) is 15.8. The van der Waals surface area contributed by atoms with Crippen molar-refractivity contribution in [3.63, 3.8) is 0 Å². The smallest absolute Gasteiger partial charge is 0.286 e. The van der Waals surface area contributed by atoms with Crippen molar-refractivity contribution in [2.24, 2.45) is 0 Å². The number of carbonyl (C=O) groups excluding carboxylic acids is 2. The predicted octanol–water partition coefficient (Wildman–Crippen LogP) is 1.70. The van der Waals surface area contributed by atoms with Crippen LogP contribution in [0, 0.1) is 0 Å². The Hall–Kier alpha value is -2.27. The summed E-state index contributed by atoms with van der Waals surface area (Å²) in [6, 6.07) is 6.78. The van der Waals surface area contributed by atoms with Gasteiger partial charge in [-0.15, -0.1) is 0 Å². The van der Waals surface area contributed by atoms with Crippen molar-refractivity contribution in [1.82, 2.24) is 10.6 Å². The summed E-state index contributed by atoms with van der Waals surface area (Å²) in [7, 11) is 1.47. The molecule has 2 N–H and O–H groups in total. The fourth-order valence-electron chi connectivity index (χ4n) is 1.24. The van der Waals surface area contributed by atoms with Crippen LogP contribution in [-0.2, 0) is 14.3 Å². The minimum Gasteiger partial charge on any atom is -0.452 e. The van der Waals surface area contributed by atoms with Gasteiger partial charge in [-0.3, -0.25) is 9.59 Å². The lowest BCUT2D eigenvalue weighted by Crippen LogP contribution is -2.36. The van der Waals surface area contributed by atoms with Gasteiger partial charge < -0.3 is 15.4 Å². The number of likely N-dealkylation sites (N-methyl/N-ethyl adjacent to an activating group) is 1. The number of ether oxygens (including phenoxy) is 1. The van der Waals surface area contributed by atoms with Crippen LogP contribution < -0.4 is 10.6 Å². The summed E-state index contributed by atoms with van der Waals surface area (Å²) >= 11 is 5.77. The molecule has 0 aliphatic heterocycles. The molecule has 0 unspecified atom stereocenters. The first-order chi connectivity index (χ1) is 9.43. The molecule has 0 aromatic heterocycles. The summed E-state index contributed by atoms with van der Waals surface area (Å²) in [5.41, 5.74) is 0.676. The summed E-state index contributed by atoms with van der Waals surface area (Å²) < 4.78 is 5.23. The van der Waals surface area contributed by atoms with Crippen LogP contribution in [0.3, 0.4) is 0 Å². The molecule has 2 amide bonds. The first-order valence-electron chi connectivity index (χ1n) is 5.74. The van der Waals surface area contributed by atoms with E-state index in [0.717, 1.165) is 0 Å². The van der Waals surface area contributed by atoms with E-state index in [4.69, 9.17) is 16.3 Å². The maximum absolute atomic E-state index is 11.6. The molecule has 5 nitrogen and oxygen atoms in total. The maximum atomic E-state index is 11.6. The second-order valence-electron chi connectivity index (χ2n) is 3.81. The molecule has 1 aromatic rings. The SMILES string of the molecule is C=C(OC(=C)c1ccc(Cl)cc1)C(=O)NCC(=O)NC. The summed E-state index contributed by atoms with van der Waals surface area (Å²) in [6.07, 6.45) is 0. The van der Waals surface area contributed by atoms with E-state index in [2.05, 4.69) is 23.8 Å². The van der Waals surface area contributed by atoms with Gasteiger partial charge in [-0.25, -0.2) is 0 Å². The first-order valence-corrected chi connectivity index (χ1v) is 6.12. The van der Waals surface area contributed by atoms with Crippen molar-refractivity contribution >= 4 is 29.2 Å². The van der Waals surface area contributed by atoms with Crippen LogP contribution in [0.2, 0.25) is 5.02 Å². The van der Waals surface area contributed by atoms with Crippen molar-refractivity contribution in [3.05, 3.63) is 53.8 Å². The van der Waals surface area contributed by atoms with Crippen molar-refractivity contribution in [2.75, 3.05) is 13.6 Å². The monoisotopic (exact) mass is 294 g/mol. The second-order valence-corrected chi connectivity index (χ2v) is 4.25. The zero-order valence-corrected chi connectivity index (χ0v) is 11.8. The molecular formula is C14H15ClN2O3. The van der Waals surface area contributed by atoms with Crippen LogP contribution in [0.5, 0.6) is 0 Å². The zero-order chi connectivity index (χ0) is 15.1. The standard InChI is InChI=1S/C14H15ClN2O3/c1-9(11-4-6-12(15)7-5-11)20-10(2)14(19)17-8-13(18)16-3/h4-7H,1-2,8H2,3H3,(H,16,18)(H,17,19). The highest BCUT2D eigenvalue weighted by molar-refractivity contribution is 6.30. The Labute approximate surface area is 122 Å². The Morgan fingerprint density at radius 2 is 1.85 bits per heavy atom. The second kappa shape index (κ2) is 7.35. The Morgan fingerprint density at radius 1 is 1.25 bits per heavy atom. The molecule has 0 fully saturated rings. The average molecular weight is 295 g/mol. The minimum atomic E-state index is -0.580. The third-order valence-electron chi connectivity index (χ3n) is 2.35. The van der Waals surface area contributed by atoms with E-state index in [9.17, 15) is 9.59 Å². The van der Waals surface area contributed by atoms with Crippen molar-refractivity contribution < 1.29 is 14.3 Å². The molecule has 6 heteroatoms. The number of carbonyl (C=O) groups is 2. The molecule has 0 aliphatic rings. The van der Waals surface area contributed by atoms with Crippen LogP contribution in [0.1, 0.15) is 5.56 Å². The number of rotatable bonds is 6. The summed E-state index contributed by atoms with van der Waals surface area (Å²) in [4.78, 5) is 22.6. The van der Waals surface area contributed by atoms with Crippen molar-refractivity contribution in [1.29, 1.82) is 0 Å². The molecule has 0 bridgehead atoms. The van der Waals surface area contributed by atoms with E-state index in [1.807, 2.05) is 0 Å². The average Bonchev–Trinajstić information content (AvgIpc) is 2.44. The molecule has 0 aliphatic carbocycles. The van der Waals surface area contributed by atoms with Gasteiger partial charge in [0.15, 0.2) is 5.76 Å². The van der Waals surface area contributed by atoms with E-state index in [1.54, 1.807) is 24.3 Å². The van der Waals surface area contributed by atoms with Crippen LogP contribution >= 0.6 is 11.6 Å². The Balaban J connectivity index is 2.53. The fraction of sp³-hybridized carbons (Fsp3) is 0.143. The number of nitrogens with one attached hydrogen (secondary N) is 2. The third kappa shape index (κ3) is 4.78. The van der Waals surface area contributed by atoms with Gasteiger partial charge in [-0.1, -0.05) is 24.8 Å². The van der Waals surface area contributed by atoms with Crippen molar-refractivity contribution in [2.45, 2.75) is 0 Å². The molecule has 0 saturated heterocycles. The van der Waals surface area contributed by atoms with Gasteiger partial charge >= 0.3 is 0 Å². The molecule has 0 radical (unpaired) electrons. The highest BCUT2D eigenvalue weighted by Gasteiger charge is 2.12. The van der Waals surface area contributed by atoms with E-state index >= 15 is 0 Å². The Morgan fingerprint density at radius 3 is 2.40 bits per heavy atom. The maximum Gasteiger partial charge on any atom is 0.286 e. The number of amides is 2. The predicted molar refractivity (Wildman–Crippen MR) is 77.8 cm³/mol. The normalized spacial score (nSPS) is 9.50. The molecular weight excluding hydrogens is 280 g/mol. The lowest BCUT2D eigenvalue weighted by molar-refractivity contribution is -0.125. The number of hydrogen-bond acceptors (Lipinski definition) is 3. The zero-order valence-electron chi connectivity index (χ0n) is 11.0. The van der Waals surface area contributed by atoms with E-state index in [0.29, 0.717) is 10.6 Å². The molecule has 1 aromatic carbocycles. The largest absolute Gasteiger partial charge is 0.452 e. The summed E-state index contributed by atoms with van der Waals surface area (Å²) in [6.45, 7) is 7.04. The number of benzene rings is 1. The highest BCUT2D eigenvalue weighted by Crippen LogP contribution is 2.19. The van der Waals surface area contributed by atoms with Crippen LogP contribution in [-0.4, -0.2) is 25.4 Å². The Bertz CT molecular complexity index is 538. The molecule has 0 saturated carbocycles. The molecule has 106 valence electrons. The van der Waals surface area contributed by atoms with E-state index < -0.39 is 5.91 Å². The number of halogens is 1. The van der Waals surface area contributed by atoms with Gasteiger partial charge in [0, 0.05) is 17.6 Å². The topological polar surface area (TPSA) is 67.4 Å². The highest BCUT2D eigenvalue weighted by atomic mass is 35.5. The third-order valence-corrected chi connectivity index (χ3v) is 2.61. The Kier molecular flexibility index (Phi) is 5.80. The van der Waals surface area contributed by atoms with Gasteiger partial charge in [-0.05, 0) is 24.3 Å². The van der Waals surface area contributed by atoms with Crippen LogP contribution in [0.15, 0.2) is 43.2 Å². The lowest BCUT2D eigenvalue weighted by Gasteiger charge is -2.11. The van der Waals surface area contributed by atoms with E-state index in [-0.39, 0.29) is 24.0 Å². The quantitative estimate of drug-likeness (QED) is 0.620. The fourth-order valence-corrected chi connectivity index (χ4v) is 1.36. The minimum absolute atomic E-state index is 0.145. The molecule has 0 atom stereocenters. The molecule has 1 rings (SSSR count). The number of hydrogen-bond donors (Lipinski definition) is 2. The van der Waals surface area contributed by atoms with Crippen LogP contribution in [0.25, 0.3) is 5.76 Å². The van der Waals surface area contributed by atoms with Gasteiger partial charge in [0.2, 0.25) is 5.91 Å². The van der Waals surface area contributed by atoms with Gasteiger partial charge in [0.25, 0.3) is 5.91 Å². The van der Waals surface area contributed by atoms with Gasteiger partial charge in [0.05, 0.1) is 6.54 Å². The van der Waals surface area contributed by atoms with Crippen molar-refractivity contribution in [3.8, 4) is 0 Å². The molecule has 0 spiro atoms. The molecule has 0 heterocycles. The van der Waals surface area contributed by atoms with Crippen LogP contribution in [0.4, 0.5) is 0 Å². The lowest BCUT2D eigenvalue weighted by atomic mass is 10.2. The van der Waals surface area contributed by atoms with Gasteiger partial charge in [-0.2, -0.15) is 0 Å². The van der Waals surface area contributed by atoms with E-state index in [1.165, 1.54) is 7.05 Å².